The van der Waals surface area contributed by atoms with Gasteiger partial charge in [-0.05, 0) is 52.0 Å². The second kappa shape index (κ2) is 4.36. The summed E-state index contributed by atoms with van der Waals surface area (Å²) in [6.45, 7) is 4.67. The lowest BCUT2D eigenvalue weighted by Gasteiger charge is -2.49. The summed E-state index contributed by atoms with van der Waals surface area (Å²) in [6.07, 6.45) is 7.57. The van der Waals surface area contributed by atoms with E-state index in [9.17, 15) is 9.90 Å². The van der Waals surface area contributed by atoms with E-state index in [2.05, 4.69) is 4.90 Å². The highest BCUT2D eigenvalue weighted by Gasteiger charge is 2.43. The van der Waals surface area contributed by atoms with E-state index in [1.54, 1.807) is 0 Å². The number of hydrogen-bond acceptors (Lipinski definition) is 2. The molecule has 2 atom stereocenters. The van der Waals surface area contributed by atoms with Crippen molar-refractivity contribution in [1.82, 2.24) is 4.90 Å². The summed E-state index contributed by atoms with van der Waals surface area (Å²) in [6, 6.07) is 0.522. The van der Waals surface area contributed by atoms with Gasteiger partial charge >= 0.3 is 5.97 Å². The third-order valence-corrected chi connectivity index (χ3v) is 4.48. The van der Waals surface area contributed by atoms with Crippen LogP contribution in [0.5, 0.6) is 0 Å². The van der Waals surface area contributed by atoms with Gasteiger partial charge in [-0.1, -0.05) is 12.8 Å². The quantitative estimate of drug-likeness (QED) is 0.785. The molecule has 1 saturated carbocycles. The number of fused-ring (bicyclic) bond motifs is 1. The van der Waals surface area contributed by atoms with Crippen LogP contribution in [0.1, 0.15) is 52.4 Å². The van der Waals surface area contributed by atoms with E-state index in [1.165, 1.54) is 32.1 Å². The summed E-state index contributed by atoms with van der Waals surface area (Å²) in [5, 5.41) is 9.34. The van der Waals surface area contributed by atoms with Gasteiger partial charge in [0.25, 0.3) is 0 Å². The Morgan fingerprint density at radius 3 is 2.50 bits per heavy atom. The third kappa shape index (κ3) is 1.97. The molecule has 3 nitrogen and oxygen atoms in total. The predicted octanol–water partition coefficient (Wildman–Crippen LogP) is 2.50. The Kier molecular flexibility index (Phi) is 3.24. The Morgan fingerprint density at radius 1 is 1.19 bits per heavy atom. The highest BCUT2D eigenvalue weighted by Crippen LogP contribution is 2.38. The van der Waals surface area contributed by atoms with Crippen LogP contribution in [0.25, 0.3) is 0 Å². The Morgan fingerprint density at radius 2 is 1.81 bits per heavy atom. The molecular formula is C13H23NO2. The molecule has 1 heterocycles. The average molecular weight is 225 g/mol. The molecule has 0 spiro atoms. The molecule has 1 N–H and O–H groups in total. The van der Waals surface area contributed by atoms with E-state index in [4.69, 9.17) is 0 Å². The minimum absolute atomic E-state index is 0.522. The van der Waals surface area contributed by atoms with Gasteiger partial charge < -0.3 is 5.11 Å². The number of carboxylic acid groups (broad SMARTS) is 1. The maximum absolute atomic E-state index is 11.4. The summed E-state index contributed by atoms with van der Waals surface area (Å²) in [4.78, 5) is 13.6. The van der Waals surface area contributed by atoms with E-state index in [-0.39, 0.29) is 0 Å². The summed E-state index contributed by atoms with van der Waals surface area (Å²) in [5.74, 6) is 0.0693. The van der Waals surface area contributed by atoms with E-state index in [0.717, 1.165) is 18.9 Å². The Labute approximate surface area is 97.8 Å². The SMILES string of the molecule is CC(C)(C(=O)O)N1CCCC2CCCCC21. The molecule has 1 aliphatic carbocycles. The highest BCUT2D eigenvalue weighted by atomic mass is 16.4. The highest BCUT2D eigenvalue weighted by molar-refractivity contribution is 5.77. The second-order valence-corrected chi connectivity index (χ2v) is 5.81. The predicted molar refractivity (Wildman–Crippen MR) is 63.4 cm³/mol. The molecule has 2 rings (SSSR count). The van der Waals surface area contributed by atoms with Crippen LogP contribution in [-0.4, -0.2) is 34.1 Å². The first-order valence-corrected chi connectivity index (χ1v) is 6.53. The lowest BCUT2D eigenvalue weighted by atomic mass is 9.76. The van der Waals surface area contributed by atoms with Gasteiger partial charge in [-0.15, -0.1) is 0 Å². The maximum atomic E-state index is 11.4. The Hall–Kier alpha value is -0.570. The molecule has 3 heteroatoms. The minimum atomic E-state index is -0.694. The Balaban J connectivity index is 2.16. The largest absolute Gasteiger partial charge is 0.480 e. The van der Waals surface area contributed by atoms with E-state index in [1.807, 2.05) is 13.8 Å². The molecule has 16 heavy (non-hydrogen) atoms. The Bertz CT molecular complexity index is 273. The van der Waals surface area contributed by atoms with Crippen LogP contribution in [-0.2, 0) is 4.79 Å². The van der Waals surface area contributed by atoms with Gasteiger partial charge in [0.15, 0.2) is 0 Å². The van der Waals surface area contributed by atoms with E-state index in [0.29, 0.717) is 6.04 Å². The lowest BCUT2D eigenvalue weighted by Crippen LogP contribution is -2.59. The van der Waals surface area contributed by atoms with Gasteiger partial charge in [-0.25, -0.2) is 0 Å². The molecule has 2 fully saturated rings. The summed E-state index contributed by atoms with van der Waals surface area (Å²) in [7, 11) is 0. The van der Waals surface area contributed by atoms with Crippen molar-refractivity contribution < 1.29 is 9.90 Å². The number of carboxylic acids is 1. The standard InChI is InChI=1S/C13H23NO2/c1-13(2,12(15)16)14-9-5-7-10-6-3-4-8-11(10)14/h10-11H,3-9H2,1-2H3,(H,15,16). The number of nitrogens with zero attached hydrogens (tertiary/aromatic N) is 1. The molecule has 0 radical (unpaired) electrons. The molecule has 92 valence electrons. The molecule has 0 aromatic rings. The van der Waals surface area contributed by atoms with Crippen molar-refractivity contribution in [2.75, 3.05) is 6.54 Å². The molecule has 2 aliphatic rings. The smallest absolute Gasteiger partial charge is 0.323 e. The van der Waals surface area contributed by atoms with Crippen LogP contribution in [0.15, 0.2) is 0 Å². The first kappa shape index (κ1) is 11.9. The van der Waals surface area contributed by atoms with Crippen LogP contribution >= 0.6 is 0 Å². The fraction of sp³-hybridized carbons (Fsp3) is 0.923. The van der Waals surface area contributed by atoms with Crippen molar-refractivity contribution in [3.8, 4) is 0 Å². The zero-order chi connectivity index (χ0) is 11.8. The summed E-state index contributed by atoms with van der Waals surface area (Å²) < 4.78 is 0. The number of rotatable bonds is 2. The van der Waals surface area contributed by atoms with Gasteiger partial charge in [0.05, 0.1) is 0 Å². The van der Waals surface area contributed by atoms with Crippen molar-refractivity contribution in [3.63, 3.8) is 0 Å². The molecule has 0 bridgehead atoms. The second-order valence-electron chi connectivity index (χ2n) is 5.81. The van der Waals surface area contributed by atoms with Crippen LogP contribution in [0.4, 0.5) is 0 Å². The summed E-state index contributed by atoms with van der Waals surface area (Å²) in [5.41, 5.74) is -0.694. The molecular weight excluding hydrogens is 202 g/mol. The van der Waals surface area contributed by atoms with Gasteiger partial charge in [0.1, 0.15) is 5.54 Å². The maximum Gasteiger partial charge on any atom is 0.323 e. The van der Waals surface area contributed by atoms with E-state index < -0.39 is 11.5 Å². The number of piperidine rings is 1. The van der Waals surface area contributed by atoms with Gasteiger partial charge in [-0.3, -0.25) is 9.69 Å². The number of aliphatic carboxylic acids is 1. The van der Waals surface area contributed by atoms with Gasteiger partial charge in [-0.2, -0.15) is 0 Å². The van der Waals surface area contributed by atoms with Crippen molar-refractivity contribution in [1.29, 1.82) is 0 Å². The van der Waals surface area contributed by atoms with E-state index >= 15 is 0 Å². The average Bonchev–Trinajstić information content (AvgIpc) is 2.28. The first-order chi connectivity index (χ1) is 7.53. The molecule has 0 aromatic carbocycles. The fourth-order valence-corrected chi connectivity index (χ4v) is 3.44. The van der Waals surface area contributed by atoms with Crippen molar-refractivity contribution >= 4 is 5.97 Å². The molecule has 2 unspecified atom stereocenters. The van der Waals surface area contributed by atoms with Crippen LogP contribution < -0.4 is 0 Å². The van der Waals surface area contributed by atoms with Gasteiger partial charge in [0.2, 0.25) is 0 Å². The van der Waals surface area contributed by atoms with Crippen molar-refractivity contribution in [3.05, 3.63) is 0 Å². The summed E-state index contributed by atoms with van der Waals surface area (Å²) >= 11 is 0. The van der Waals surface area contributed by atoms with Crippen LogP contribution in [0.3, 0.4) is 0 Å². The topological polar surface area (TPSA) is 40.5 Å². The molecule has 0 aromatic heterocycles. The number of likely N-dealkylation sites (tertiary alicyclic amines) is 1. The number of carbonyl (C=O) groups is 1. The third-order valence-electron chi connectivity index (χ3n) is 4.48. The monoisotopic (exact) mass is 225 g/mol. The fourth-order valence-electron chi connectivity index (χ4n) is 3.44. The lowest BCUT2D eigenvalue weighted by molar-refractivity contribution is -0.154. The molecule has 0 amide bonds. The normalized spacial score (nSPS) is 32.1. The zero-order valence-electron chi connectivity index (χ0n) is 10.4. The van der Waals surface area contributed by atoms with Crippen molar-refractivity contribution in [2.24, 2.45) is 5.92 Å². The van der Waals surface area contributed by atoms with Crippen LogP contribution in [0, 0.1) is 5.92 Å². The minimum Gasteiger partial charge on any atom is -0.480 e. The molecule has 1 aliphatic heterocycles. The van der Waals surface area contributed by atoms with Crippen molar-refractivity contribution in [2.45, 2.75) is 64.0 Å². The van der Waals surface area contributed by atoms with Crippen LogP contribution in [0.2, 0.25) is 0 Å². The zero-order valence-corrected chi connectivity index (χ0v) is 10.4. The molecule has 1 saturated heterocycles. The number of hydrogen-bond donors (Lipinski definition) is 1. The first-order valence-electron chi connectivity index (χ1n) is 6.53. The van der Waals surface area contributed by atoms with Gasteiger partial charge in [0, 0.05) is 6.04 Å².